The van der Waals surface area contributed by atoms with Crippen LogP contribution in [0.4, 0.5) is 5.69 Å². The van der Waals surface area contributed by atoms with Gasteiger partial charge in [-0.05, 0) is 36.8 Å². The Kier molecular flexibility index (Phi) is 8.42. The fourth-order valence-corrected chi connectivity index (χ4v) is 2.60. The summed E-state index contributed by atoms with van der Waals surface area (Å²) in [6.07, 6.45) is 5.86. The maximum atomic E-state index is 12.1. The number of nitro benzene ring substituents is 1. The van der Waals surface area contributed by atoms with Crippen molar-refractivity contribution < 1.29 is 14.5 Å². The van der Waals surface area contributed by atoms with Crippen molar-refractivity contribution in [2.45, 2.75) is 32.6 Å². The molecule has 148 valence electrons. The van der Waals surface area contributed by atoms with Gasteiger partial charge in [-0.2, -0.15) is 5.10 Å². The molecule has 2 aromatic rings. The Hall–Kier alpha value is -2.93. The van der Waals surface area contributed by atoms with Crippen molar-refractivity contribution in [1.29, 1.82) is 0 Å². The average Bonchev–Trinajstić information content (AvgIpc) is 2.69. The second-order valence-electron chi connectivity index (χ2n) is 6.09. The van der Waals surface area contributed by atoms with Gasteiger partial charge in [0.2, 0.25) is 0 Å². The number of rotatable bonds is 10. The van der Waals surface area contributed by atoms with Gasteiger partial charge >= 0.3 is 0 Å². The summed E-state index contributed by atoms with van der Waals surface area (Å²) in [5.74, 6) is 0.157. The summed E-state index contributed by atoms with van der Waals surface area (Å²) in [6.45, 7) is 2.75. The van der Waals surface area contributed by atoms with Crippen LogP contribution in [-0.4, -0.2) is 23.7 Å². The molecule has 0 saturated heterocycles. The van der Waals surface area contributed by atoms with Crippen molar-refractivity contribution in [2.24, 2.45) is 5.10 Å². The van der Waals surface area contributed by atoms with E-state index in [2.05, 4.69) is 17.5 Å². The number of unbranched alkanes of at least 4 members (excludes halogenated alkanes) is 3. The van der Waals surface area contributed by atoms with E-state index in [-0.39, 0.29) is 11.3 Å². The number of carbonyl (C=O) groups excluding carboxylic acids is 1. The van der Waals surface area contributed by atoms with Gasteiger partial charge in [0.15, 0.2) is 0 Å². The molecule has 0 bridgehead atoms. The number of nitrogens with zero attached hydrogens (tertiary/aromatic N) is 2. The highest BCUT2D eigenvalue weighted by Gasteiger charge is 2.09. The number of benzene rings is 2. The van der Waals surface area contributed by atoms with Crippen molar-refractivity contribution in [3.63, 3.8) is 0 Å². The fourth-order valence-electron chi connectivity index (χ4n) is 2.42. The van der Waals surface area contributed by atoms with Crippen molar-refractivity contribution in [3.8, 4) is 5.75 Å². The molecule has 0 radical (unpaired) electrons. The molecule has 0 aromatic heterocycles. The number of carbonyl (C=O) groups is 1. The molecule has 0 unspecified atom stereocenters. The topological polar surface area (TPSA) is 93.8 Å². The van der Waals surface area contributed by atoms with E-state index in [4.69, 9.17) is 16.3 Å². The van der Waals surface area contributed by atoms with Crippen LogP contribution in [0.2, 0.25) is 5.02 Å². The highest BCUT2D eigenvalue weighted by molar-refractivity contribution is 6.30. The number of halogens is 1. The predicted molar refractivity (Wildman–Crippen MR) is 109 cm³/mol. The van der Waals surface area contributed by atoms with Gasteiger partial charge < -0.3 is 4.74 Å². The smallest absolute Gasteiger partial charge is 0.271 e. The van der Waals surface area contributed by atoms with E-state index in [1.807, 2.05) is 0 Å². The lowest BCUT2D eigenvalue weighted by atomic mass is 10.2. The molecule has 0 heterocycles. The average molecular weight is 404 g/mol. The normalized spacial score (nSPS) is 10.8. The van der Waals surface area contributed by atoms with Crippen molar-refractivity contribution in [2.75, 3.05) is 6.61 Å². The minimum atomic E-state index is -0.525. The molecule has 0 aliphatic carbocycles. The van der Waals surface area contributed by atoms with Gasteiger partial charge in [0.25, 0.3) is 11.6 Å². The van der Waals surface area contributed by atoms with Crippen molar-refractivity contribution in [3.05, 3.63) is 68.7 Å². The first kappa shape index (κ1) is 21.4. The first-order valence-corrected chi connectivity index (χ1v) is 9.39. The molecule has 0 fully saturated rings. The molecule has 0 atom stereocenters. The maximum absolute atomic E-state index is 12.1. The largest absolute Gasteiger partial charge is 0.493 e. The molecule has 7 nitrogen and oxygen atoms in total. The number of ether oxygens (including phenoxy) is 1. The summed E-state index contributed by atoms with van der Waals surface area (Å²) in [4.78, 5) is 22.2. The summed E-state index contributed by atoms with van der Waals surface area (Å²) in [5, 5.41) is 15.1. The molecule has 2 rings (SSSR count). The molecule has 2 aromatic carbocycles. The number of hydrogen-bond donors (Lipinski definition) is 1. The second-order valence-corrected chi connectivity index (χ2v) is 6.53. The number of hydrogen-bond acceptors (Lipinski definition) is 5. The number of amides is 1. The zero-order chi connectivity index (χ0) is 20.4. The number of non-ortho nitro benzene ring substituents is 1. The van der Waals surface area contributed by atoms with E-state index in [0.717, 1.165) is 19.3 Å². The number of nitrogens with one attached hydrogen (secondary N) is 1. The lowest BCUT2D eigenvalue weighted by Crippen LogP contribution is -2.17. The van der Waals surface area contributed by atoms with Crippen molar-refractivity contribution in [1.82, 2.24) is 5.43 Å². The van der Waals surface area contributed by atoms with Gasteiger partial charge in [-0.25, -0.2) is 5.43 Å². The second kappa shape index (κ2) is 11.0. The van der Waals surface area contributed by atoms with Crippen LogP contribution < -0.4 is 10.2 Å². The Bertz CT molecular complexity index is 838. The van der Waals surface area contributed by atoms with E-state index in [1.165, 1.54) is 36.9 Å². The lowest BCUT2D eigenvalue weighted by Gasteiger charge is -2.09. The van der Waals surface area contributed by atoms with Crippen LogP contribution in [-0.2, 0) is 0 Å². The molecular weight excluding hydrogens is 382 g/mol. The van der Waals surface area contributed by atoms with Gasteiger partial charge in [-0.1, -0.05) is 37.8 Å². The fraction of sp³-hybridized carbons (Fsp3) is 0.300. The highest BCUT2D eigenvalue weighted by Crippen LogP contribution is 2.22. The Balaban J connectivity index is 1.97. The van der Waals surface area contributed by atoms with E-state index in [0.29, 0.717) is 22.9 Å². The van der Waals surface area contributed by atoms with Crippen LogP contribution in [0.1, 0.15) is 48.5 Å². The van der Waals surface area contributed by atoms with Crippen LogP contribution in [0, 0.1) is 10.1 Å². The number of nitro groups is 1. The predicted octanol–water partition coefficient (Wildman–Crippen LogP) is 4.97. The Labute approximate surface area is 168 Å². The van der Waals surface area contributed by atoms with E-state index < -0.39 is 10.8 Å². The summed E-state index contributed by atoms with van der Waals surface area (Å²) >= 11 is 6.04. The van der Waals surface area contributed by atoms with Crippen LogP contribution in [0.3, 0.4) is 0 Å². The van der Waals surface area contributed by atoms with Gasteiger partial charge in [0, 0.05) is 28.3 Å². The Morgan fingerprint density at radius 3 is 2.64 bits per heavy atom. The Morgan fingerprint density at radius 2 is 1.96 bits per heavy atom. The molecule has 0 aliphatic heterocycles. The third kappa shape index (κ3) is 6.66. The van der Waals surface area contributed by atoms with Crippen LogP contribution >= 0.6 is 11.6 Å². The Morgan fingerprint density at radius 1 is 1.21 bits per heavy atom. The van der Waals surface area contributed by atoms with Crippen LogP contribution in [0.5, 0.6) is 5.75 Å². The molecule has 1 N–H and O–H groups in total. The first-order chi connectivity index (χ1) is 13.5. The van der Waals surface area contributed by atoms with Crippen LogP contribution in [0.25, 0.3) is 0 Å². The minimum absolute atomic E-state index is 0.0836. The number of hydrazone groups is 1. The molecule has 0 aliphatic rings. The zero-order valence-corrected chi connectivity index (χ0v) is 16.3. The molecule has 28 heavy (non-hydrogen) atoms. The summed E-state index contributed by atoms with van der Waals surface area (Å²) < 4.78 is 5.79. The monoisotopic (exact) mass is 403 g/mol. The lowest BCUT2D eigenvalue weighted by molar-refractivity contribution is -0.384. The third-order valence-electron chi connectivity index (χ3n) is 3.94. The molecule has 0 spiro atoms. The SMILES string of the molecule is CCCCCCOc1ccc(Cl)cc1/C=N/NC(=O)c1ccc([N+](=O)[O-])cc1. The standard InChI is InChI=1S/C20H22ClN3O4/c1-2-3-4-5-12-28-19-11-8-17(21)13-16(19)14-22-23-20(25)15-6-9-18(10-7-15)24(26)27/h6-11,13-14H,2-5,12H2,1H3,(H,23,25)/b22-14+. The van der Waals surface area contributed by atoms with Gasteiger partial charge in [0.1, 0.15) is 5.75 Å². The summed E-state index contributed by atoms with van der Waals surface area (Å²) in [7, 11) is 0. The maximum Gasteiger partial charge on any atom is 0.271 e. The molecular formula is C20H22ClN3O4. The molecule has 8 heteroatoms. The zero-order valence-electron chi connectivity index (χ0n) is 15.6. The van der Waals surface area contributed by atoms with Gasteiger partial charge in [-0.3, -0.25) is 14.9 Å². The minimum Gasteiger partial charge on any atom is -0.493 e. The highest BCUT2D eigenvalue weighted by atomic mass is 35.5. The third-order valence-corrected chi connectivity index (χ3v) is 4.17. The van der Waals surface area contributed by atoms with Crippen LogP contribution in [0.15, 0.2) is 47.6 Å². The summed E-state index contributed by atoms with van der Waals surface area (Å²) in [5.41, 5.74) is 3.22. The van der Waals surface area contributed by atoms with E-state index in [9.17, 15) is 14.9 Å². The summed E-state index contributed by atoms with van der Waals surface area (Å²) in [6, 6.07) is 10.5. The van der Waals surface area contributed by atoms with Crippen molar-refractivity contribution >= 4 is 29.4 Å². The first-order valence-electron chi connectivity index (χ1n) is 9.01. The van der Waals surface area contributed by atoms with E-state index in [1.54, 1.807) is 18.2 Å². The molecule has 1 amide bonds. The molecule has 0 saturated carbocycles. The van der Waals surface area contributed by atoms with Gasteiger partial charge in [0.05, 0.1) is 17.7 Å². The van der Waals surface area contributed by atoms with Gasteiger partial charge in [-0.15, -0.1) is 0 Å². The quantitative estimate of drug-likeness (QED) is 0.262. The van der Waals surface area contributed by atoms with E-state index >= 15 is 0 Å².